The first-order valence-electron chi connectivity index (χ1n) is 22.1. The molecule has 14 nitrogen and oxygen atoms in total. The number of hydrogen-bond acceptors (Lipinski definition) is 14. The molecule has 2 aliphatic rings. The molecule has 5 aromatic rings. The molecule has 2 heterocycles. The van der Waals surface area contributed by atoms with Crippen LogP contribution in [0.25, 0.3) is 0 Å². The van der Waals surface area contributed by atoms with Crippen LogP contribution in [0.3, 0.4) is 0 Å². The van der Waals surface area contributed by atoms with E-state index < -0.39 is 25.7 Å². The van der Waals surface area contributed by atoms with E-state index in [4.69, 9.17) is 47.7 Å². The van der Waals surface area contributed by atoms with Gasteiger partial charge in [0.2, 0.25) is 0 Å². The standard InChI is InChI=1S/C19H24O6S2.C11H13IO2.C11H14O2.C6H6O2.C5H12O2/c1-15-5-9-17(10-6-15)26(20,21)24-13-19(3,4)14-25-27(22,23)18-11-7-16(2)8-12-18;1-11(2)6-13-9-4-3-8(12)5-10(9)14-7-11;1-11(2)7-12-9-5-3-4-6-10(9)13-8-11;7-5-3-1-2-4-6(5)8;1-5(2,3-6)4-7/h5-12H,13-14H2,1-4H3;3-5H,6-7H2,1-2H3;3-6H,7-8H2,1-2H3;1-4,7-8H;6-7H,3-4H2,1-2H3. The van der Waals surface area contributed by atoms with Gasteiger partial charge < -0.3 is 39.4 Å². The lowest BCUT2D eigenvalue weighted by atomic mass is 9.97. The molecule has 0 atom stereocenters. The number of para-hydroxylation sites is 4. The minimum absolute atomic E-state index is 0.0451. The van der Waals surface area contributed by atoms with Gasteiger partial charge in [-0.05, 0) is 103 Å². The number of fused-ring (bicyclic) bond motifs is 2. The topological polar surface area (TPSA) is 205 Å². The second kappa shape index (κ2) is 26.0. The van der Waals surface area contributed by atoms with Crippen LogP contribution < -0.4 is 18.9 Å². The van der Waals surface area contributed by atoms with Crippen molar-refractivity contribution in [1.29, 1.82) is 0 Å². The molecule has 0 aliphatic carbocycles. The average molecular weight is 1110 g/mol. The van der Waals surface area contributed by atoms with Gasteiger partial charge in [0, 0.05) is 25.2 Å². The molecular weight excluding hydrogens is 1040 g/mol. The Balaban J connectivity index is 0.000000252. The maximum absolute atomic E-state index is 12.3. The molecule has 0 radical (unpaired) electrons. The van der Waals surface area contributed by atoms with Crippen molar-refractivity contribution in [1.82, 2.24) is 0 Å². The first-order chi connectivity index (χ1) is 32.1. The maximum atomic E-state index is 12.3. The second-order valence-corrected chi connectivity index (χ2v) is 24.2. The number of benzene rings is 5. The smallest absolute Gasteiger partial charge is 0.296 e. The summed E-state index contributed by atoms with van der Waals surface area (Å²) in [5.41, 5.74) is 0.909. The van der Waals surface area contributed by atoms with Gasteiger partial charge in [-0.15, -0.1) is 0 Å². The maximum Gasteiger partial charge on any atom is 0.296 e. The minimum Gasteiger partial charge on any atom is -0.504 e. The Morgan fingerprint density at radius 1 is 0.522 bits per heavy atom. The number of rotatable bonds is 10. The SMILES string of the molecule is CC(C)(CO)CO.CC1(C)COc2ccc(I)cc2OC1.CC1(C)COc2ccccc2OC1.Cc1ccc(S(=O)(=O)OCC(C)(C)COS(=O)(=O)c2ccc(C)cc2)cc1.Oc1ccccc1O. The van der Waals surface area contributed by atoms with Gasteiger partial charge in [0.1, 0.15) is 0 Å². The summed E-state index contributed by atoms with van der Waals surface area (Å²) >= 11 is 2.27. The Morgan fingerprint density at radius 2 is 0.855 bits per heavy atom. The van der Waals surface area contributed by atoms with Crippen molar-refractivity contribution in [2.24, 2.45) is 21.7 Å². The number of phenols is 2. The van der Waals surface area contributed by atoms with E-state index in [9.17, 15) is 16.8 Å². The van der Waals surface area contributed by atoms with Gasteiger partial charge in [-0.1, -0.05) is 115 Å². The number of phenolic OH excluding ortho intramolecular Hbond substituents is 2. The summed E-state index contributed by atoms with van der Waals surface area (Å²) in [6, 6.07) is 32.5. The number of aliphatic hydroxyl groups is 2. The highest BCUT2D eigenvalue weighted by molar-refractivity contribution is 14.1. The van der Waals surface area contributed by atoms with Crippen LogP contribution in [0.2, 0.25) is 0 Å². The van der Waals surface area contributed by atoms with Crippen LogP contribution >= 0.6 is 22.6 Å². The lowest BCUT2D eigenvalue weighted by molar-refractivity contribution is 0.0857. The van der Waals surface area contributed by atoms with E-state index in [0.29, 0.717) is 26.4 Å². The molecule has 380 valence electrons. The number of aromatic hydroxyl groups is 2. The summed E-state index contributed by atoms with van der Waals surface area (Å²) in [6.45, 7) is 21.7. The van der Waals surface area contributed by atoms with E-state index in [1.165, 1.54) is 40.0 Å². The molecule has 0 aromatic heterocycles. The van der Waals surface area contributed by atoms with E-state index in [-0.39, 0.29) is 64.0 Å². The Bertz CT molecular complexity index is 2440. The summed E-state index contributed by atoms with van der Waals surface area (Å²) in [4.78, 5) is 0.106. The monoisotopic (exact) mass is 1110 g/mol. The van der Waals surface area contributed by atoms with Gasteiger partial charge in [-0.25, -0.2) is 0 Å². The number of aliphatic hydroxyl groups excluding tert-OH is 2. The van der Waals surface area contributed by atoms with Gasteiger partial charge in [0.15, 0.2) is 34.5 Å². The number of aryl methyl sites for hydroxylation is 2. The van der Waals surface area contributed by atoms with E-state index >= 15 is 0 Å². The van der Waals surface area contributed by atoms with E-state index in [1.807, 2.05) is 56.3 Å². The average Bonchev–Trinajstić information content (AvgIpc) is 3.56. The van der Waals surface area contributed by atoms with Crippen LogP contribution in [-0.2, 0) is 28.6 Å². The first-order valence-corrected chi connectivity index (χ1v) is 26.0. The minimum atomic E-state index is -3.93. The van der Waals surface area contributed by atoms with Crippen molar-refractivity contribution in [3.8, 4) is 34.5 Å². The third-order valence-corrected chi connectivity index (χ3v) is 13.0. The lowest BCUT2D eigenvalue weighted by Crippen LogP contribution is -2.28. The van der Waals surface area contributed by atoms with Crippen molar-refractivity contribution in [3.05, 3.63) is 130 Å². The molecule has 0 amide bonds. The van der Waals surface area contributed by atoms with Gasteiger partial charge in [-0.2, -0.15) is 16.8 Å². The molecule has 7 rings (SSSR count). The zero-order chi connectivity index (χ0) is 51.7. The van der Waals surface area contributed by atoms with E-state index in [1.54, 1.807) is 64.1 Å². The molecule has 2 aliphatic heterocycles. The normalized spacial score (nSPS) is 14.7. The molecular formula is C52H69IO14S2. The lowest BCUT2D eigenvalue weighted by Gasteiger charge is -2.23. The Labute approximate surface area is 422 Å². The molecule has 5 aromatic carbocycles. The molecule has 69 heavy (non-hydrogen) atoms. The van der Waals surface area contributed by atoms with Crippen LogP contribution in [0.1, 0.15) is 66.5 Å². The molecule has 0 saturated carbocycles. The van der Waals surface area contributed by atoms with Crippen molar-refractivity contribution < 1.29 is 64.6 Å². The Hall–Kier alpha value is -4.63. The van der Waals surface area contributed by atoms with Crippen LogP contribution in [0.15, 0.2) is 125 Å². The highest BCUT2D eigenvalue weighted by Crippen LogP contribution is 2.35. The predicted octanol–water partition coefficient (Wildman–Crippen LogP) is 10.1. The second-order valence-electron chi connectivity index (χ2n) is 19.7. The summed E-state index contributed by atoms with van der Waals surface area (Å²) in [5, 5.41) is 34.2. The molecule has 0 saturated heterocycles. The van der Waals surface area contributed by atoms with Crippen molar-refractivity contribution in [3.63, 3.8) is 0 Å². The van der Waals surface area contributed by atoms with Gasteiger partial charge in [0.05, 0.1) is 62.6 Å². The van der Waals surface area contributed by atoms with Crippen LogP contribution in [0.5, 0.6) is 34.5 Å². The van der Waals surface area contributed by atoms with E-state index in [0.717, 1.165) is 34.1 Å². The molecule has 17 heteroatoms. The predicted molar refractivity (Wildman–Crippen MR) is 275 cm³/mol. The first kappa shape index (κ1) is 58.7. The summed E-state index contributed by atoms with van der Waals surface area (Å²) < 4.78 is 83.1. The highest BCUT2D eigenvalue weighted by atomic mass is 127. The van der Waals surface area contributed by atoms with Crippen LogP contribution in [-0.4, -0.2) is 90.1 Å². The summed E-state index contributed by atoms with van der Waals surface area (Å²) in [6.07, 6.45) is 0. The molecule has 0 spiro atoms. The van der Waals surface area contributed by atoms with E-state index in [2.05, 4.69) is 50.3 Å². The quantitative estimate of drug-likeness (QED) is 0.0584. The number of hydrogen-bond donors (Lipinski definition) is 4. The largest absolute Gasteiger partial charge is 0.504 e. The molecule has 0 bridgehead atoms. The van der Waals surface area contributed by atoms with Crippen molar-refractivity contribution in [2.75, 3.05) is 52.9 Å². The summed E-state index contributed by atoms with van der Waals surface area (Å²) in [5.74, 6) is 3.28. The molecule has 4 N–H and O–H groups in total. The number of ether oxygens (including phenoxy) is 4. The summed E-state index contributed by atoms with van der Waals surface area (Å²) in [7, 11) is -7.85. The molecule has 0 fully saturated rings. The van der Waals surface area contributed by atoms with Crippen LogP contribution in [0.4, 0.5) is 0 Å². The van der Waals surface area contributed by atoms with Crippen molar-refractivity contribution >= 4 is 42.8 Å². The third-order valence-electron chi connectivity index (χ3n) is 9.80. The zero-order valence-electron chi connectivity index (χ0n) is 41.2. The molecule has 0 unspecified atom stereocenters. The zero-order valence-corrected chi connectivity index (χ0v) is 45.0. The fourth-order valence-corrected chi connectivity index (χ4v) is 7.78. The van der Waals surface area contributed by atoms with Crippen LogP contribution in [0, 0.1) is 39.1 Å². The van der Waals surface area contributed by atoms with Gasteiger partial charge in [0.25, 0.3) is 20.2 Å². The fraction of sp³-hybridized carbons (Fsp3) is 0.423. The van der Waals surface area contributed by atoms with Gasteiger partial charge >= 0.3 is 0 Å². The Kier molecular flexibility index (Phi) is 22.1. The van der Waals surface area contributed by atoms with Gasteiger partial charge in [-0.3, -0.25) is 8.37 Å². The number of halogens is 1. The fourth-order valence-electron chi connectivity index (χ4n) is 5.15. The van der Waals surface area contributed by atoms with Crippen molar-refractivity contribution in [2.45, 2.75) is 79.0 Å². The third kappa shape index (κ3) is 21.1. The Morgan fingerprint density at radius 3 is 1.19 bits per heavy atom. The highest BCUT2D eigenvalue weighted by Gasteiger charge is 2.28.